The standard InChI is InChI=1S/C21H18/c1-2-21(19-11-7-4-8-12-19)20-15-13-18(14-16-20)17-9-5-3-6-10-17/h2-16,21H,1H2. The molecule has 0 heteroatoms. The summed E-state index contributed by atoms with van der Waals surface area (Å²) in [5.74, 6) is 0.246. The van der Waals surface area contributed by atoms with Crippen molar-refractivity contribution in [2.45, 2.75) is 5.92 Å². The highest BCUT2D eigenvalue weighted by atomic mass is 14.1. The van der Waals surface area contributed by atoms with Crippen LogP contribution in [0.2, 0.25) is 0 Å². The van der Waals surface area contributed by atoms with E-state index < -0.39 is 0 Å². The second-order valence-corrected chi connectivity index (χ2v) is 5.11. The van der Waals surface area contributed by atoms with Gasteiger partial charge in [-0.25, -0.2) is 0 Å². The molecule has 0 aromatic heterocycles. The Morgan fingerprint density at radius 1 is 0.571 bits per heavy atom. The quantitative estimate of drug-likeness (QED) is 0.536. The monoisotopic (exact) mass is 270 g/mol. The Morgan fingerprint density at radius 3 is 1.62 bits per heavy atom. The van der Waals surface area contributed by atoms with Crippen LogP contribution in [0.3, 0.4) is 0 Å². The van der Waals surface area contributed by atoms with Crippen molar-refractivity contribution in [3.8, 4) is 11.1 Å². The van der Waals surface area contributed by atoms with Crippen LogP contribution in [0, 0.1) is 0 Å². The van der Waals surface area contributed by atoms with Crippen molar-refractivity contribution in [3.63, 3.8) is 0 Å². The van der Waals surface area contributed by atoms with Crippen LogP contribution in [-0.2, 0) is 0 Å². The molecule has 0 radical (unpaired) electrons. The van der Waals surface area contributed by atoms with E-state index in [-0.39, 0.29) is 5.92 Å². The first-order valence-corrected chi connectivity index (χ1v) is 7.21. The SMILES string of the molecule is C=CC(c1ccccc1)c1ccc(-c2ccccc2)cc1. The van der Waals surface area contributed by atoms with E-state index in [2.05, 4.69) is 79.4 Å². The molecule has 0 fully saturated rings. The molecule has 1 unspecified atom stereocenters. The molecule has 3 rings (SSSR count). The summed E-state index contributed by atoms with van der Waals surface area (Å²) >= 11 is 0. The molecule has 0 saturated carbocycles. The maximum atomic E-state index is 3.99. The lowest BCUT2D eigenvalue weighted by Gasteiger charge is -2.14. The van der Waals surface area contributed by atoms with Gasteiger partial charge in [0.2, 0.25) is 0 Å². The van der Waals surface area contributed by atoms with E-state index >= 15 is 0 Å². The molecule has 0 N–H and O–H groups in total. The van der Waals surface area contributed by atoms with E-state index in [0.717, 1.165) is 0 Å². The van der Waals surface area contributed by atoms with Gasteiger partial charge in [-0.05, 0) is 22.3 Å². The van der Waals surface area contributed by atoms with E-state index in [1.165, 1.54) is 22.3 Å². The first kappa shape index (κ1) is 13.4. The number of hydrogen-bond donors (Lipinski definition) is 0. The van der Waals surface area contributed by atoms with Crippen LogP contribution >= 0.6 is 0 Å². The van der Waals surface area contributed by atoms with Crippen molar-refractivity contribution in [1.29, 1.82) is 0 Å². The molecule has 0 spiro atoms. The van der Waals surface area contributed by atoms with Crippen molar-refractivity contribution in [2.75, 3.05) is 0 Å². The molecule has 0 aliphatic carbocycles. The van der Waals surface area contributed by atoms with Gasteiger partial charge in [-0.15, -0.1) is 6.58 Å². The van der Waals surface area contributed by atoms with Gasteiger partial charge in [-0.2, -0.15) is 0 Å². The van der Waals surface area contributed by atoms with Gasteiger partial charge in [-0.3, -0.25) is 0 Å². The van der Waals surface area contributed by atoms with Crippen molar-refractivity contribution >= 4 is 0 Å². The molecule has 3 aromatic carbocycles. The van der Waals surface area contributed by atoms with Gasteiger partial charge >= 0.3 is 0 Å². The van der Waals surface area contributed by atoms with Crippen LogP contribution in [0.25, 0.3) is 11.1 Å². The zero-order chi connectivity index (χ0) is 14.5. The summed E-state index contributed by atoms with van der Waals surface area (Å²) in [4.78, 5) is 0. The Morgan fingerprint density at radius 2 is 1.05 bits per heavy atom. The summed E-state index contributed by atoms with van der Waals surface area (Å²) in [6.45, 7) is 3.99. The summed E-state index contributed by atoms with van der Waals surface area (Å²) in [7, 11) is 0. The van der Waals surface area contributed by atoms with Gasteiger partial charge < -0.3 is 0 Å². The maximum absolute atomic E-state index is 3.99. The van der Waals surface area contributed by atoms with Crippen molar-refractivity contribution in [1.82, 2.24) is 0 Å². The molecular weight excluding hydrogens is 252 g/mol. The minimum atomic E-state index is 0.246. The molecule has 0 aliphatic rings. The molecule has 21 heavy (non-hydrogen) atoms. The zero-order valence-corrected chi connectivity index (χ0v) is 11.9. The Bertz CT molecular complexity index is 694. The highest BCUT2D eigenvalue weighted by Crippen LogP contribution is 2.28. The summed E-state index contributed by atoms with van der Waals surface area (Å²) in [5.41, 5.74) is 5.05. The van der Waals surface area contributed by atoms with Gasteiger partial charge in [0.25, 0.3) is 0 Å². The highest BCUT2D eigenvalue weighted by molar-refractivity contribution is 5.63. The number of allylic oxidation sites excluding steroid dienone is 1. The second kappa shape index (κ2) is 6.23. The smallest absolute Gasteiger partial charge is 0.0266 e. The van der Waals surface area contributed by atoms with Crippen LogP contribution < -0.4 is 0 Å². The molecule has 3 aromatic rings. The number of rotatable bonds is 4. The molecule has 1 atom stereocenters. The Kier molecular flexibility index (Phi) is 3.97. The molecule has 102 valence electrons. The van der Waals surface area contributed by atoms with Crippen LogP contribution in [-0.4, -0.2) is 0 Å². The molecule has 0 aliphatic heterocycles. The van der Waals surface area contributed by atoms with Crippen LogP contribution in [0.5, 0.6) is 0 Å². The van der Waals surface area contributed by atoms with Crippen molar-refractivity contribution in [2.24, 2.45) is 0 Å². The molecular formula is C21H18. The average Bonchev–Trinajstić information content (AvgIpc) is 2.58. The average molecular weight is 270 g/mol. The normalized spacial score (nSPS) is 11.8. The summed E-state index contributed by atoms with van der Waals surface area (Å²) in [5, 5.41) is 0. The van der Waals surface area contributed by atoms with Gasteiger partial charge in [0.05, 0.1) is 0 Å². The molecule has 0 saturated heterocycles. The van der Waals surface area contributed by atoms with Gasteiger partial charge in [-0.1, -0.05) is 91.0 Å². The molecule has 0 nitrogen and oxygen atoms in total. The first-order valence-electron chi connectivity index (χ1n) is 7.21. The fourth-order valence-corrected chi connectivity index (χ4v) is 2.64. The number of hydrogen-bond acceptors (Lipinski definition) is 0. The zero-order valence-electron chi connectivity index (χ0n) is 11.9. The minimum absolute atomic E-state index is 0.246. The highest BCUT2D eigenvalue weighted by Gasteiger charge is 2.09. The topological polar surface area (TPSA) is 0 Å². The Balaban J connectivity index is 1.92. The fraction of sp³-hybridized carbons (Fsp3) is 0.0476. The summed E-state index contributed by atoms with van der Waals surface area (Å²) < 4.78 is 0. The van der Waals surface area contributed by atoms with E-state index in [1.807, 2.05) is 18.2 Å². The van der Waals surface area contributed by atoms with Crippen LogP contribution in [0.4, 0.5) is 0 Å². The maximum Gasteiger partial charge on any atom is 0.0266 e. The van der Waals surface area contributed by atoms with E-state index in [0.29, 0.717) is 0 Å². The third kappa shape index (κ3) is 2.95. The lowest BCUT2D eigenvalue weighted by atomic mass is 9.90. The molecule has 0 amide bonds. The lowest BCUT2D eigenvalue weighted by Crippen LogP contribution is -1.96. The molecule has 0 bridgehead atoms. The predicted octanol–water partition coefficient (Wildman–Crippen LogP) is 5.67. The van der Waals surface area contributed by atoms with Gasteiger partial charge in [0.1, 0.15) is 0 Å². The third-order valence-electron chi connectivity index (χ3n) is 3.77. The molecule has 0 heterocycles. The van der Waals surface area contributed by atoms with Crippen LogP contribution in [0.1, 0.15) is 17.0 Å². The third-order valence-corrected chi connectivity index (χ3v) is 3.77. The van der Waals surface area contributed by atoms with Crippen molar-refractivity contribution < 1.29 is 0 Å². The summed E-state index contributed by atoms with van der Waals surface area (Å²) in [6, 6.07) is 29.7. The van der Waals surface area contributed by atoms with E-state index in [1.54, 1.807) is 0 Å². The summed E-state index contributed by atoms with van der Waals surface area (Å²) in [6.07, 6.45) is 2.01. The first-order chi connectivity index (χ1) is 10.4. The van der Waals surface area contributed by atoms with Gasteiger partial charge in [0.15, 0.2) is 0 Å². The lowest BCUT2D eigenvalue weighted by molar-refractivity contribution is 1.03. The Hall–Kier alpha value is -2.60. The fourth-order valence-electron chi connectivity index (χ4n) is 2.64. The van der Waals surface area contributed by atoms with E-state index in [9.17, 15) is 0 Å². The number of benzene rings is 3. The second-order valence-electron chi connectivity index (χ2n) is 5.11. The minimum Gasteiger partial charge on any atom is -0.102 e. The largest absolute Gasteiger partial charge is 0.102 e. The van der Waals surface area contributed by atoms with Crippen LogP contribution in [0.15, 0.2) is 97.6 Å². The van der Waals surface area contributed by atoms with E-state index in [4.69, 9.17) is 0 Å². The predicted molar refractivity (Wildman–Crippen MR) is 90.4 cm³/mol. The Labute approximate surface area is 126 Å². The van der Waals surface area contributed by atoms with Crippen molar-refractivity contribution in [3.05, 3.63) is 109 Å². The van der Waals surface area contributed by atoms with Gasteiger partial charge in [0, 0.05) is 5.92 Å².